The first-order chi connectivity index (χ1) is 10.6. The van der Waals surface area contributed by atoms with Gasteiger partial charge in [0.25, 0.3) is 0 Å². The molecule has 0 aliphatic heterocycles. The third-order valence-corrected chi connectivity index (χ3v) is 3.00. The number of H-pyrrole nitrogens is 1. The van der Waals surface area contributed by atoms with Crippen molar-refractivity contribution < 1.29 is 14.7 Å². The van der Waals surface area contributed by atoms with Crippen molar-refractivity contribution in [3.63, 3.8) is 0 Å². The molecule has 4 N–H and O–H groups in total. The number of aromatic nitrogens is 3. The van der Waals surface area contributed by atoms with Gasteiger partial charge in [0.15, 0.2) is 0 Å². The number of phenols is 1. The van der Waals surface area contributed by atoms with Crippen molar-refractivity contribution in [2.45, 2.75) is 0 Å². The van der Waals surface area contributed by atoms with E-state index in [9.17, 15) is 14.7 Å². The van der Waals surface area contributed by atoms with Crippen molar-refractivity contribution in [1.29, 1.82) is 0 Å². The van der Waals surface area contributed by atoms with E-state index in [1.165, 1.54) is 6.33 Å². The number of benzene rings is 2. The number of nitrogens with zero attached hydrogens (tertiary/aromatic N) is 2. The fourth-order valence-electron chi connectivity index (χ4n) is 2.01. The van der Waals surface area contributed by atoms with Crippen LogP contribution in [0.15, 0.2) is 42.7 Å². The monoisotopic (exact) mass is 297 g/mol. The number of aromatic amines is 1. The molecule has 1 aromatic heterocycles. The zero-order chi connectivity index (χ0) is 15.5. The first kappa shape index (κ1) is 13.6. The van der Waals surface area contributed by atoms with Gasteiger partial charge < -0.3 is 10.4 Å². The Morgan fingerprint density at radius 1 is 1.00 bits per heavy atom. The fraction of sp³-hybridized carbons (Fsp3) is 0. The van der Waals surface area contributed by atoms with E-state index in [0.717, 1.165) is 0 Å². The second-order valence-electron chi connectivity index (χ2n) is 4.42. The fourth-order valence-corrected chi connectivity index (χ4v) is 2.01. The number of nitrogens with one attached hydrogen (secondary N) is 3. The lowest BCUT2D eigenvalue weighted by Gasteiger charge is -2.09. The maximum absolute atomic E-state index is 11.9. The van der Waals surface area contributed by atoms with Gasteiger partial charge in [0.2, 0.25) is 5.95 Å². The third kappa shape index (κ3) is 2.57. The molecule has 2 aromatic carbocycles. The topological polar surface area (TPSA) is 120 Å². The summed E-state index contributed by atoms with van der Waals surface area (Å²) in [5, 5.41) is 21.8. The number of phenolic OH excluding ortho intramolecular Hbond substituents is 1. The molecular weight excluding hydrogens is 286 g/mol. The maximum atomic E-state index is 11.9. The van der Waals surface area contributed by atoms with Crippen molar-refractivity contribution in [2.75, 3.05) is 10.6 Å². The summed E-state index contributed by atoms with van der Waals surface area (Å²) >= 11 is 0. The second-order valence-corrected chi connectivity index (χ2v) is 4.42. The summed E-state index contributed by atoms with van der Waals surface area (Å²) in [6.07, 6.45) is 1.21. The van der Waals surface area contributed by atoms with E-state index in [1.54, 1.807) is 36.4 Å². The summed E-state index contributed by atoms with van der Waals surface area (Å²) in [6, 6.07) is 9.97. The highest BCUT2D eigenvalue weighted by Gasteiger charge is 2.16. The first-order valence-corrected chi connectivity index (χ1v) is 6.33. The minimum Gasteiger partial charge on any atom is -0.507 e. The van der Waals surface area contributed by atoms with Crippen molar-refractivity contribution in [1.82, 2.24) is 15.2 Å². The second kappa shape index (κ2) is 5.52. The Morgan fingerprint density at radius 3 is 2.50 bits per heavy atom. The molecule has 1 heterocycles. The van der Waals surface area contributed by atoms with Crippen LogP contribution in [0.4, 0.5) is 11.6 Å². The van der Waals surface area contributed by atoms with Gasteiger partial charge in [-0.1, -0.05) is 24.3 Å². The van der Waals surface area contributed by atoms with E-state index < -0.39 is 11.8 Å². The number of anilines is 2. The predicted molar refractivity (Wildman–Crippen MR) is 79.3 cm³/mol. The number of hydrogen-bond acceptors (Lipinski definition) is 5. The van der Waals surface area contributed by atoms with Crippen LogP contribution >= 0.6 is 0 Å². The number of carbonyl (C=O) groups is 2. The Balaban J connectivity index is 1.82. The highest BCUT2D eigenvalue weighted by Crippen LogP contribution is 2.29. The summed E-state index contributed by atoms with van der Waals surface area (Å²) in [5.41, 5.74) is 0.422. The van der Waals surface area contributed by atoms with Crippen LogP contribution in [-0.2, 0) is 9.59 Å². The number of fused-ring (bicyclic) bond motifs is 1. The molecule has 0 saturated heterocycles. The molecule has 0 atom stereocenters. The first-order valence-electron chi connectivity index (χ1n) is 6.33. The number of aromatic hydroxyl groups is 1. The van der Waals surface area contributed by atoms with Crippen molar-refractivity contribution in [3.8, 4) is 5.75 Å². The smallest absolute Gasteiger partial charge is 0.316 e. The van der Waals surface area contributed by atoms with Crippen molar-refractivity contribution in [3.05, 3.63) is 42.7 Å². The summed E-state index contributed by atoms with van der Waals surface area (Å²) in [7, 11) is 0. The zero-order valence-corrected chi connectivity index (χ0v) is 11.2. The minimum absolute atomic E-state index is 0.0794. The minimum atomic E-state index is -0.881. The number of amides is 2. The molecule has 110 valence electrons. The lowest BCUT2D eigenvalue weighted by molar-refractivity contribution is -0.133. The quantitative estimate of drug-likeness (QED) is 0.530. The van der Waals surface area contributed by atoms with Crippen LogP contribution in [0.3, 0.4) is 0 Å². The average molecular weight is 297 g/mol. The number of carbonyl (C=O) groups excluding carboxylic acids is 2. The summed E-state index contributed by atoms with van der Waals surface area (Å²) < 4.78 is 0. The molecule has 8 heteroatoms. The molecule has 3 rings (SSSR count). The Kier molecular flexibility index (Phi) is 3.40. The molecule has 3 aromatic rings. The summed E-state index contributed by atoms with van der Waals surface area (Å²) in [5.74, 6) is -1.56. The molecule has 0 bridgehead atoms. The van der Waals surface area contributed by atoms with E-state index >= 15 is 0 Å². The van der Waals surface area contributed by atoms with Crippen molar-refractivity contribution >= 4 is 34.2 Å². The lowest BCUT2D eigenvalue weighted by atomic mass is 10.1. The van der Waals surface area contributed by atoms with E-state index in [4.69, 9.17) is 0 Å². The van der Waals surface area contributed by atoms with Gasteiger partial charge in [-0.05, 0) is 12.1 Å². The largest absolute Gasteiger partial charge is 0.507 e. The van der Waals surface area contributed by atoms with Gasteiger partial charge >= 0.3 is 11.8 Å². The molecule has 0 saturated carbocycles. The summed E-state index contributed by atoms with van der Waals surface area (Å²) in [6.45, 7) is 0. The van der Waals surface area contributed by atoms with E-state index in [-0.39, 0.29) is 11.7 Å². The highest BCUT2D eigenvalue weighted by atomic mass is 16.3. The van der Waals surface area contributed by atoms with Crippen molar-refractivity contribution in [2.24, 2.45) is 0 Å². The van der Waals surface area contributed by atoms with Gasteiger partial charge in [0, 0.05) is 16.5 Å². The summed E-state index contributed by atoms with van der Waals surface area (Å²) in [4.78, 5) is 27.4. The van der Waals surface area contributed by atoms with Gasteiger partial charge in [-0.2, -0.15) is 10.1 Å². The Morgan fingerprint density at radius 2 is 1.73 bits per heavy atom. The van der Waals surface area contributed by atoms with E-state index in [1.807, 2.05) is 0 Å². The Labute approximate surface area is 124 Å². The van der Waals surface area contributed by atoms with E-state index in [2.05, 4.69) is 25.8 Å². The molecule has 2 amide bonds. The zero-order valence-electron chi connectivity index (χ0n) is 11.2. The Hall–Kier alpha value is -3.42. The van der Waals surface area contributed by atoms with Crippen LogP contribution in [0, 0.1) is 0 Å². The molecule has 0 aliphatic rings. The molecule has 0 spiro atoms. The van der Waals surface area contributed by atoms with Crippen LogP contribution in [0.5, 0.6) is 5.75 Å². The SMILES string of the molecule is O=C(Nc1ncn[nH]1)C(=O)Nc1cccc2c(O)cccc12. The molecule has 22 heavy (non-hydrogen) atoms. The third-order valence-electron chi connectivity index (χ3n) is 3.00. The number of hydrogen-bond donors (Lipinski definition) is 4. The molecule has 8 nitrogen and oxygen atoms in total. The van der Waals surface area contributed by atoms with Gasteiger partial charge in [0.05, 0.1) is 0 Å². The molecule has 0 unspecified atom stereocenters. The normalized spacial score (nSPS) is 10.4. The molecule has 0 aliphatic carbocycles. The van der Waals surface area contributed by atoms with Crippen LogP contribution in [0.2, 0.25) is 0 Å². The maximum Gasteiger partial charge on any atom is 0.316 e. The van der Waals surface area contributed by atoms with Crippen LogP contribution in [0.25, 0.3) is 10.8 Å². The van der Waals surface area contributed by atoms with E-state index in [0.29, 0.717) is 16.5 Å². The standard InChI is InChI=1S/C14H11N5O3/c20-11-6-2-3-8-9(11)4-1-5-10(8)17-12(21)13(22)18-14-15-7-16-19-14/h1-7,20H,(H,17,21)(H2,15,16,18,19,22). The molecule has 0 fully saturated rings. The van der Waals surface area contributed by atoms with Gasteiger partial charge in [-0.15, -0.1) is 0 Å². The van der Waals surface area contributed by atoms with Crippen LogP contribution in [-0.4, -0.2) is 32.1 Å². The molecular formula is C14H11N5O3. The van der Waals surface area contributed by atoms with Gasteiger partial charge in [-0.25, -0.2) is 5.10 Å². The Bertz CT molecular complexity index is 845. The lowest BCUT2D eigenvalue weighted by Crippen LogP contribution is -2.29. The molecule has 0 radical (unpaired) electrons. The highest BCUT2D eigenvalue weighted by molar-refractivity contribution is 6.44. The predicted octanol–water partition coefficient (Wildman–Crippen LogP) is 1.24. The van der Waals surface area contributed by atoms with Gasteiger partial charge in [-0.3, -0.25) is 14.9 Å². The van der Waals surface area contributed by atoms with Crippen LogP contribution in [0.1, 0.15) is 0 Å². The number of rotatable bonds is 2. The average Bonchev–Trinajstić information content (AvgIpc) is 3.01. The van der Waals surface area contributed by atoms with Crippen LogP contribution < -0.4 is 10.6 Å². The van der Waals surface area contributed by atoms with Gasteiger partial charge in [0.1, 0.15) is 12.1 Å².